The molecule has 0 spiro atoms. The third-order valence-corrected chi connectivity index (χ3v) is 3.44. The Hall–Kier alpha value is 0.0284. The van der Waals surface area contributed by atoms with E-state index in [0.717, 1.165) is 0 Å². The number of carbonyl (C=O) groups excluding carboxylic acids is 1. The molecule has 0 heterocycles. The normalized spacial score (nSPS) is 11.2. The van der Waals surface area contributed by atoms with E-state index in [1.807, 2.05) is 6.92 Å². The first-order chi connectivity index (χ1) is 4.45. The van der Waals surface area contributed by atoms with Crippen LogP contribution in [0.1, 0.15) is 6.92 Å². The van der Waals surface area contributed by atoms with E-state index in [1.165, 1.54) is 0 Å². The van der Waals surface area contributed by atoms with Gasteiger partial charge < -0.3 is 0 Å². The fraction of sp³-hybridized carbons (Fsp3) is 0.857. The van der Waals surface area contributed by atoms with Crippen molar-refractivity contribution in [3.63, 3.8) is 0 Å². The molecule has 0 amide bonds. The van der Waals surface area contributed by atoms with E-state index in [2.05, 4.69) is 17.1 Å². The van der Waals surface area contributed by atoms with Gasteiger partial charge in [0.1, 0.15) is 0 Å². The molecular weight excluding hydrogens is 191 g/mol. The van der Waals surface area contributed by atoms with Crippen LogP contribution in [0, 0.1) is 0 Å². The van der Waals surface area contributed by atoms with Crippen LogP contribution in [0.15, 0.2) is 0 Å². The van der Waals surface area contributed by atoms with E-state index in [9.17, 15) is 4.79 Å². The molecular formula is C7H16AsO2+. The topological polar surface area (TPSA) is 26.3 Å². The van der Waals surface area contributed by atoms with Gasteiger partial charge in [-0.15, -0.1) is 0 Å². The summed E-state index contributed by atoms with van der Waals surface area (Å²) in [5.74, 6) is -0.0255. The number of hydrogen-bond donors (Lipinski definition) is 0. The van der Waals surface area contributed by atoms with Crippen molar-refractivity contribution in [1.82, 2.24) is 0 Å². The van der Waals surface area contributed by atoms with Gasteiger partial charge in [0.15, 0.2) is 0 Å². The number of ether oxygens (including phenoxy) is 1. The minimum absolute atomic E-state index is 0.0255. The van der Waals surface area contributed by atoms with Crippen LogP contribution in [0.3, 0.4) is 0 Å². The van der Waals surface area contributed by atoms with Crippen molar-refractivity contribution in [3.05, 3.63) is 0 Å². The standard InChI is InChI=1S/C7H16AsO2/c1-5-10-7(9)6-8(2,3)4/h5-6H2,1-4H3/q+1. The van der Waals surface area contributed by atoms with Gasteiger partial charge in [-0.2, -0.15) is 0 Å². The monoisotopic (exact) mass is 207 g/mol. The Morgan fingerprint density at radius 1 is 1.40 bits per heavy atom. The summed E-state index contributed by atoms with van der Waals surface area (Å²) in [4.78, 5) is 10.9. The van der Waals surface area contributed by atoms with Gasteiger partial charge in [-0.1, -0.05) is 0 Å². The molecule has 0 atom stereocenters. The average molecular weight is 207 g/mol. The Balaban J connectivity index is 3.58. The third kappa shape index (κ3) is 6.15. The van der Waals surface area contributed by atoms with Crippen LogP contribution in [-0.2, 0) is 9.53 Å². The summed E-state index contributed by atoms with van der Waals surface area (Å²) in [7, 11) is 0. The second-order valence-corrected chi connectivity index (χ2v) is 13.5. The van der Waals surface area contributed by atoms with E-state index < -0.39 is 13.6 Å². The predicted octanol–water partition coefficient (Wildman–Crippen LogP) is 1.89. The molecule has 0 aliphatic heterocycles. The maximum absolute atomic E-state index is 10.9. The third-order valence-electron chi connectivity index (χ3n) is 0.909. The summed E-state index contributed by atoms with van der Waals surface area (Å²) in [6, 6.07) is 0. The van der Waals surface area contributed by atoms with Gasteiger partial charge in [-0.25, -0.2) is 0 Å². The first kappa shape index (κ1) is 10.0. The van der Waals surface area contributed by atoms with Crippen molar-refractivity contribution in [2.45, 2.75) is 29.3 Å². The molecule has 0 aromatic heterocycles. The molecule has 0 aromatic carbocycles. The molecule has 0 radical (unpaired) electrons. The molecule has 0 N–H and O–H groups in total. The summed E-state index contributed by atoms with van der Waals surface area (Å²) < 4.78 is 4.82. The van der Waals surface area contributed by atoms with Gasteiger partial charge in [0.05, 0.1) is 0 Å². The second kappa shape index (κ2) is 4.02. The first-order valence-corrected chi connectivity index (χ1v) is 10.4. The van der Waals surface area contributed by atoms with E-state index in [0.29, 0.717) is 11.8 Å². The molecule has 0 aliphatic rings. The molecule has 60 valence electrons. The Morgan fingerprint density at radius 3 is 2.20 bits per heavy atom. The first-order valence-electron chi connectivity index (χ1n) is 3.42. The average Bonchev–Trinajstić information content (AvgIpc) is 1.59. The Kier molecular flexibility index (Phi) is 4.03. The van der Waals surface area contributed by atoms with E-state index in [1.54, 1.807) is 0 Å². The second-order valence-electron chi connectivity index (χ2n) is 3.25. The minimum atomic E-state index is -1.54. The van der Waals surface area contributed by atoms with E-state index in [4.69, 9.17) is 4.74 Å². The molecule has 0 unspecified atom stereocenters. The molecule has 3 heteroatoms. The van der Waals surface area contributed by atoms with Crippen LogP contribution in [0.2, 0.25) is 22.3 Å². The van der Waals surface area contributed by atoms with Gasteiger partial charge in [-0.3, -0.25) is 0 Å². The molecule has 0 rings (SSSR count). The van der Waals surface area contributed by atoms with Crippen LogP contribution in [-0.4, -0.2) is 26.1 Å². The van der Waals surface area contributed by atoms with Crippen molar-refractivity contribution in [2.75, 3.05) is 6.61 Å². The number of carbonyl (C=O) groups is 1. The fourth-order valence-electron chi connectivity index (χ4n) is 0.594. The summed E-state index contributed by atoms with van der Waals surface area (Å²) in [6.45, 7) is 2.35. The molecule has 0 saturated carbocycles. The van der Waals surface area contributed by atoms with E-state index >= 15 is 0 Å². The van der Waals surface area contributed by atoms with Gasteiger partial charge in [0, 0.05) is 0 Å². The van der Waals surface area contributed by atoms with Crippen molar-refractivity contribution in [3.8, 4) is 0 Å². The van der Waals surface area contributed by atoms with Gasteiger partial charge in [0.25, 0.3) is 0 Å². The number of esters is 1. The van der Waals surface area contributed by atoms with Crippen LogP contribution in [0.4, 0.5) is 0 Å². The number of rotatable bonds is 3. The summed E-state index contributed by atoms with van der Waals surface area (Å²) in [5, 5.41) is 0.673. The van der Waals surface area contributed by atoms with Crippen LogP contribution in [0.25, 0.3) is 0 Å². The van der Waals surface area contributed by atoms with Crippen molar-refractivity contribution >= 4 is 19.5 Å². The van der Waals surface area contributed by atoms with Gasteiger partial charge >= 0.3 is 64.9 Å². The molecule has 0 fully saturated rings. The van der Waals surface area contributed by atoms with Crippen LogP contribution >= 0.6 is 0 Å². The molecule has 0 saturated heterocycles. The van der Waals surface area contributed by atoms with Gasteiger partial charge in [0.2, 0.25) is 0 Å². The van der Waals surface area contributed by atoms with Gasteiger partial charge in [-0.05, 0) is 0 Å². The molecule has 0 aromatic rings. The molecule has 2 nitrogen and oxygen atoms in total. The quantitative estimate of drug-likeness (QED) is 0.521. The predicted molar refractivity (Wildman–Crippen MR) is 44.8 cm³/mol. The maximum atomic E-state index is 10.9. The summed E-state index contributed by atoms with van der Waals surface area (Å²) in [6.07, 6.45) is 0. The Labute approximate surface area is 65.4 Å². The van der Waals surface area contributed by atoms with Crippen LogP contribution < -0.4 is 0 Å². The zero-order valence-corrected chi connectivity index (χ0v) is 9.05. The summed E-state index contributed by atoms with van der Waals surface area (Å²) >= 11 is -1.54. The fourth-order valence-corrected chi connectivity index (χ4v) is 2.41. The zero-order valence-electron chi connectivity index (χ0n) is 7.18. The molecule has 0 aliphatic carbocycles. The van der Waals surface area contributed by atoms with E-state index in [-0.39, 0.29) is 5.97 Å². The van der Waals surface area contributed by atoms with Crippen molar-refractivity contribution in [2.24, 2.45) is 0 Å². The number of hydrogen-bond acceptors (Lipinski definition) is 2. The van der Waals surface area contributed by atoms with Crippen molar-refractivity contribution in [1.29, 1.82) is 0 Å². The molecule has 10 heavy (non-hydrogen) atoms. The Bertz CT molecular complexity index is 115. The summed E-state index contributed by atoms with van der Waals surface area (Å²) in [5.41, 5.74) is 6.57. The van der Waals surface area contributed by atoms with Crippen LogP contribution in [0.5, 0.6) is 0 Å². The zero-order chi connectivity index (χ0) is 8.20. The molecule has 0 bridgehead atoms. The SMILES string of the molecule is CCOC(=O)C[As+](C)(C)C. The van der Waals surface area contributed by atoms with Crippen molar-refractivity contribution < 1.29 is 9.53 Å². The Morgan fingerprint density at radius 2 is 1.90 bits per heavy atom.